The van der Waals surface area contributed by atoms with Gasteiger partial charge in [0, 0.05) is 5.57 Å². The lowest BCUT2D eigenvalue weighted by atomic mass is 10.2. The summed E-state index contributed by atoms with van der Waals surface area (Å²) < 4.78 is 4.83. The maximum absolute atomic E-state index is 11.2. The molecule has 0 saturated carbocycles. The maximum Gasteiger partial charge on any atom is 0.331 e. The average Bonchev–Trinajstić information content (AvgIpc) is 2.24. The summed E-state index contributed by atoms with van der Waals surface area (Å²) in [6.45, 7) is 3.87. The van der Waals surface area contributed by atoms with Gasteiger partial charge in [-0.1, -0.05) is 13.0 Å². The summed E-state index contributed by atoms with van der Waals surface area (Å²) >= 11 is 0. The predicted molar refractivity (Wildman–Crippen MR) is 63.0 cm³/mol. The zero-order valence-corrected chi connectivity index (χ0v) is 9.85. The second-order valence-electron chi connectivity index (χ2n) is 3.75. The van der Waals surface area contributed by atoms with E-state index in [2.05, 4.69) is 6.58 Å². The molecule has 17 heavy (non-hydrogen) atoms. The van der Waals surface area contributed by atoms with Crippen LogP contribution >= 0.6 is 0 Å². The number of hydrogen-bond acceptors (Lipinski definition) is 5. The van der Waals surface area contributed by atoms with Gasteiger partial charge in [0.15, 0.2) is 6.23 Å². The molecule has 0 aromatic carbocycles. The van der Waals surface area contributed by atoms with Crippen molar-refractivity contribution in [3.8, 4) is 0 Å². The quantitative estimate of drug-likeness (QED) is 0.233. The Hall–Kier alpha value is -1.40. The van der Waals surface area contributed by atoms with E-state index in [0.717, 1.165) is 19.3 Å². The monoisotopic (exact) mass is 244 g/mol. The highest BCUT2D eigenvalue weighted by Gasteiger charge is 2.14. The molecule has 0 amide bonds. The van der Waals surface area contributed by atoms with Gasteiger partial charge in [0.05, 0.1) is 6.42 Å². The second-order valence-corrected chi connectivity index (χ2v) is 3.75. The second kappa shape index (κ2) is 8.72. The van der Waals surface area contributed by atoms with Gasteiger partial charge in [0.1, 0.15) is 0 Å². The number of aliphatic carboxylic acids is 1. The fraction of sp³-hybridized carbons (Fsp3) is 0.636. The topological polar surface area (TPSA) is 116 Å². The van der Waals surface area contributed by atoms with Crippen molar-refractivity contribution in [3.05, 3.63) is 12.2 Å². The number of esters is 1. The van der Waals surface area contributed by atoms with E-state index in [9.17, 15) is 9.59 Å². The van der Waals surface area contributed by atoms with E-state index in [4.69, 9.17) is 21.3 Å². The Labute approximate surface area is 101 Å². The van der Waals surface area contributed by atoms with Crippen LogP contribution in [0.15, 0.2) is 12.2 Å². The standard InChI is InChI=1S/C11H20N2O4/c1-8(11(15)16)7-10(14)17-9(13)5-3-2-4-6-12/h9H,1-7,12-13H2,(H,15,16). The van der Waals surface area contributed by atoms with E-state index in [1.54, 1.807) is 0 Å². The molecule has 1 unspecified atom stereocenters. The van der Waals surface area contributed by atoms with Crippen molar-refractivity contribution < 1.29 is 19.4 Å². The third-order valence-corrected chi connectivity index (χ3v) is 2.14. The number of hydrogen-bond donors (Lipinski definition) is 3. The molecule has 0 aliphatic heterocycles. The number of nitrogens with two attached hydrogens (primary N) is 2. The Bertz CT molecular complexity index is 279. The van der Waals surface area contributed by atoms with Gasteiger partial charge in [-0.05, 0) is 25.8 Å². The molecular weight excluding hydrogens is 224 g/mol. The zero-order valence-electron chi connectivity index (χ0n) is 9.85. The Morgan fingerprint density at radius 3 is 2.47 bits per heavy atom. The first-order valence-corrected chi connectivity index (χ1v) is 5.53. The molecule has 0 saturated heterocycles. The first-order valence-electron chi connectivity index (χ1n) is 5.53. The summed E-state index contributed by atoms with van der Waals surface area (Å²) in [6, 6.07) is 0. The number of carbonyl (C=O) groups is 2. The molecule has 0 heterocycles. The summed E-state index contributed by atoms with van der Waals surface area (Å²) in [6.07, 6.45) is 2.18. The molecule has 0 aliphatic carbocycles. The smallest absolute Gasteiger partial charge is 0.331 e. The first-order chi connectivity index (χ1) is 7.97. The van der Waals surface area contributed by atoms with Crippen LogP contribution in [-0.2, 0) is 14.3 Å². The van der Waals surface area contributed by atoms with Gasteiger partial charge in [-0.25, -0.2) is 4.79 Å². The Morgan fingerprint density at radius 2 is 1.94 bits per heavy atom. The van der Waals surface area contributed by atoms with Crippen LogP contribution in [0.5, 0.6) is 0 Å². The van der Waals surface area contributed by atoms with Crippen molar-refractivity contribution in [1.29, 1.82) is 0 Å². The van der Waals surface area contributed by atoms with Crippen LogP contribution in [0.1, 0.15) is 32.1 Å². The molecule has 6 nitrogen and oxygen atoms in total. The summed E-state index contributed by atoms with van der Waals surface area (Å²) in [4.78, 5) is 21.6. The minimum Gasteiger partial charge on any atom is -0.478 e. The third kappa shape index (κ3) is 8.41. The van der Waals surface area contributed by atoms with Gasteiger partial charge >= 0.3 is 11.9 Å². The molecule has 6 heteroatoms. The van der Waals surface area contributed by atoms with Crippen LogP contribution in [0.2, 0.25) is 0 Å². The minimum absolute atomic E-state index is 0.203. The predicted octanol–water partition coefficient (Wildman–Crippen LogP) is 0.364. The first kappa shape index (κ1) is 15.6. The van der Waals surface area contributed by atoms with Crippen LogP contribution in [0.4, 0.5) is 0 Å². The summed E-state index contributed by atoms with van der Waals surface area (Å²) in [7, 11) is 0. The van der Waals surface area contributed by atoms with Crippen molar-refractivity contribution >= 4 is 11.9 Å². The van der Waals surface area contributed by atoms with Crippen molar-refractivity contribution in [1.82, 2.24) is 0 Å². The van der Waals surface area contributed by atoms with Gasteiger partial charge in [-0.15, -0.1) is 0 Å². The molecule has 0 aliphatic rings. The lowest BCUT2D eigenvalue weighted by molar-refractivity contribution is -0.149. The molecular formula is C11H20N2O4. The average molecular weight is 244 g/mol. The Morgan fingerprint density at radius 1 is 1.29 bits per heavy atom. The molecule has 0 aromatic rings. The fourth-order valence-corrected chi connectivity index (χ4v) is 1.19. The van der Waals surface area contributed by atoms with Crippen LogP contribution in [0.3, 0.4) is 0 Å². The van der Waals surface area contributed by atoms with E-state index in [0.29, 0.717) is 13.0 Å². The lowest BCUT2D eigenvalue weighted by Crippen LogP contribution is -2.27. The van der Waals surface area contributed by atoms with Gasteiger partial charge in [0.2, 0.25) is 0 Å². The summed E-state index contributed by atoms with van der Waals surface area (Å²) in [5.74, 6) is -1.87. The van der Waals surface area contributed by atoms with E-state index in [-0.39, 0.29) is 12.0 Å². The van der Waals surface area contributed by atoms with E-state index in [1.807, 2.05) is 0 Å². The molecule has 0 fully saturated rings. The molecule has 1 atom stereocenters. The Kier molecular flexibility index (Phi) is 8.00. The van der Waals surface area contributed by atoms with E-state index in [1.165, 1.54) is 0 Å². The molecule has 0 radical (unpaired) electrons. The van der Waals surface area contributed by atoms with Gasteiger partial charge < -0.3 is 15.6 Å². The molecule has 0 aromatic heterocycles. The van der Waals surface area contributed by atoms with Crippen LogP contribution in [0, 0.1) is 0 Å². The highest BCUT2D eigenvalue weighted by Crippen LogP contribution is 2.06. The highest BCUT2D eigenvalue weighted by molar-refractivity contribution is 5.91. The number of unbranched alkanes of at least 4 members (excludes halogenated alkanes) is 2. The van der Waals surface area contributed by atoms with Crippen molar-refractivity contribution in [3.63, 3.8) is 0 Å². The molecule has 0 rings (SSSR count). The lowest BCUT2D eigenvalue weighted by Gasteiger charge is -2.12. The molecule has 5 N–H and O–H groups in total. The largest absolute Gasteiger partial charge is 0.478 e. The zero-order chi connectivity index (χ0) is 13.3. The third-order valence-electron chi connectivity index (χ3n) is 2.14. The minimum atomic E-state index is -1.21. The molecule has 98 valence electrons. The van der Waals surface area contributed by atoms with Crippen LogP contribution in [0.25, 0.3) is 0 Å². The molecule has 0 bridgehead atoms. The molecule has 0 spiro atoms. The highest BCUT2D eigenvalue weighted by atomic mass is 16.6. The van der Waals surface area contributed by atoms with Gasteiger partial charge in [-0.3, -0.25) is 10.5 Å². The normalized spacial score (nSPS) is 11.9. The summed E-state index contributed by atoms with van der Waals surface area (Å²) in [5, 5.41) is 8.52. The van der Waals surface area contributed by atoms with E-state index < -0.39 is 18.2 Å². The van der Waals surface area contributed by atoms with Crippen LogP contribution in [-0.4, -0.2) is 29.8 Å². The number of carboxylic acid groups (broad SMARTS) is 1. The SMILES string of the molecule is C=C(CC(=O)OC(N)CCCCCN)C(=O)O. The number of carbonyl (C=O) groups excluding carboxylic acids is 1. The fourth-order valence-electron chi connectivity index (χ4n) is 1.19. The Balaban J connectivity index is 3.72. The number of carboxylic acids is 1. The van der Waals surface area contributed by atoms with Crippen molar-refractivity contribution in [2.24, 2.45) is 11.5 Å². The number of rotatable bonds is 9. The number of ether oxygens (including phenoxy) is 1. The van der Waals surface area contributed by atoms with Gasteiger partial charge in [0.25, 0.3) is 0 Å². The van der Waals surface area contributed by atoms with Crippen LogP contribution < -0.4 is 11.5 Å². The van der Waals surface area contributed by atoms with Crippen molar-refractivity contribution in [2.75, 3.05) is 6.54 Å². The van der Waals surface area contributed by atoms with Crippen molar-refractivity contribution in [2.45, 2.75) is 38.3 Å². The summed E-state index contributed by atoms with van der Waals surface area (Å²) in [5.41, 5.74) is 10.7. The maximum atomic E-state index is 11.2. The van der Waals surface area contributed by atoms with E-state index >= 15 is 0 Å². The van der Waals surface area contributed by atoms with Gasteiger partial charge in [-0.2, -0.15) is 0 Å².